The molecular formula is C23H27N3S2. The molecule has 1 saturated heterocycles. The summed E-state index contributed by atoms with van der Waals surface area (Å²) in [7, 11) is 2.22. The highest BCUT2D eigenvalue weighted by Crippen LogP contribution is 2.43. The minimum atomic E-state index is 0.658. The summed E-state index contributed by atoms with van der Waals surface area (Å²) < 4.78 is 0. The van der Waals surface area contributed by atoms with Gasteiger partial charge in [0, 0.05) is 15.7 Å². The maximum Gasteiger partial charge on any atom is 0.128 e. The summed E-state index contributed by atoms with van der Waals surface area (Å²) in [5.74, 6) is 0. The van der Waals surface area contributed by atoms with Crippen molar-refractivity contribution in [2.45, 2.75) is 55.7 Å². The average molecular weight is 410 g/mol. The molecule has 28 heavy (non-hydrogen) atoms. The second kappa shape index (κ2) is 7.77. The number of hydrogen-bond acceptors (Lipinski definition) is 5. The molecule has 0 bridgehead atoms. The fourth-order valence-electron chi connectivity index (χ4n) is 4.60. The first kappa shape index (κ1) is 18.6. The number of aromatic nitrogens is 2. The van der Waals surface area contributed by atoms with Gasteiger partial charge in [-0.25, -0.2) is 9.97 Å². The zero-order valence-electron chi connectivity index (χ0n) is 16.7. The summed E-state index contributed by atoms with van der Waals surface area (Å²) in [6, 6.07) is 7.13. The normalized spacial score (nSPS) is 18.5. The highest BCUT2D eigenvalue weighted by molar-refractivity contribution is 8.00. The third-order valence-electron chi connectivity index (χ3n) is 6.21. The van der Waals surface area contributed by atoms with Gasteiger partial charge in [0.25, 0.3) is 0 Å². The van der Waals surface area contributed by atoms with Crippen molar-refractivity contribution >= 4 is 33.3 Å². The van der Waals surface area contributed by atoms with Gasteiger partial charge >= 0.3 is 0 Å². The van der Waals surface area contributed by atoms with Crippen molar-refractivity contribution in [3.8, 4) is 11.1 Å². The Bertz CT molecular complexity index is 1000. The number of hydrogen-bond donors (Lipinski definition) is 0. The van der Waals surface area contributed by atoms with Crippen LogP contribution in [0.5, 0.6) is 0 Å². The monoisotopic (exact) mass is 409 g/mol. The van der Waals surface area contributed by atoms with E-state index in [-0.39, 0.29) is 0 Å². The standard InChI is InChI=1S/C23H27N3S2/c1-15-20(18-8-7-16-5-3-4-6-17(16)13-18)21-22(27-15)24-14-25-23(21)28-19-9-11-26(2)12-10-19/h7-8,13-14,19H,3-6,9-12H2,1-2H3. The van der Waals surface area contributed by atoms with E-state index in [4.69, 9.17) is 4.98 Å². The van der Waals surface area contributed by atoms with E-state index < -0.39 is 0 Å². The molecule has 0 saturated carbocycles. The van der Waals surface area contributed by atoms with Gasteiger partial charge in [0.15, 0.2) is 0 Å². The highest BCUT2D eigenvalue weighted by atomic mass is 32.2. The van der Waals surface area contributed by atoms with Crippen LogP contribution in [-0.4, -0.2) is 40.3 Å². The molecule has 2 aromatic heterocycles. The number of thioether (sulfide) groups is 1. The number of likely N-dealkylation sites (tertiary alicyclic amines) is 1. The molecular weight excluding hydrogens is 382 g/mol. The third kappa shape index (κ3) is 3.49. The maximum atomic E-state index is 4.75. The summed E-state index contributed by atoms with van der Waals surface area (Å²) in [4.78, 5) is 14.3. The molecule has 1 fully saturated rings. The molecule has 1 aliphatic carbocycles. The molecule has 0 atom stereocenters. The van der Waals surface area contributed by atoms with Crippen LogP contribution in [0.15, 0.2) is 29.6 Å². The van der Waals surface area contributed by atoms with E-state index >= 15 is 0 Å². The number of benzene rings is 1. The maximum absolute atomic E-state index is 4.75. The summed E-state index contributed by atoms with van der Waals surface area (Å²) in [5, 5.41) is 3.12. The zero-order chi connectivity index (χ0) is 19.1. The van der Waals surface area contributed by atoms with Crippen molar-refractivity contribution in [3.63, 3.8) is 0 Å². The van der Waals surface area contributed by atoms with Crippen LogP contribution >= 0.6 is 23.1 Å². The van der Waals surface area contributed by atoms with Crippen LogP contribution in [-0.2, 0) is 12.8 Å². The van der Waals surface area contributed by atoms with Crippen LogP contribution in [0.1, 0.15) is 41.7 Å². The van der Waals surface area contributed by atoms with E-state index in [1.54, 1.807) is 17.5 Å². The summed E-state index contributed by atoms with van der Waals surface area (Å²) >= 11 is 3.79. The van der Waals surface area contributed by atoms with Crippen molar-refractivity contribution in [2.24, 2.45) is 0 Å². The van der Waals surface area contributed by atoms with Crippen LogP contribution in [0.25, 0.3) is 21.3 Å². The molecule has 0 spiro atoms. The second-order valence-electron chi connectivity index (χ2n) is 8.20. The molecule has 146 valence electrons. The van der Waals surface area contributed by atoms with Gasteiger partial charge in [-0.15, -0.1) is 23.1 Å². The Morgan fingerprint density at radius 3 is 2.68 bits per heavy atom. The number of aryl methyl sites for hydroxylation is 3. The Kier molecular flexibility index (Phi) is 5.16. The molecule has 0 radical (unpaired) electrons. The molecule has 3 aromatic rings. The zero-order valence-corrected chi connectivity index (χ0v) is 18.3. The number of piperidine rings is 1. The fraction of sp³-hybridized carbons (Fsp3) is 0.478. The highest BCUT2D eigenvalue weighted by Gasteiger charge is 2.23. The largest absolute Gasteiger partial charge is 0.306 e. The van der Waals surface area contributed by atoms with Crippen LogP contribution in [0.3, 0.4) is 0 Å². The van der Waals surface area contributed by atoms with Gasteiger partial charge in [0.05, 0.1) is 5.39 Å². The Hall–Kier alpha value is -1.43. The van der Waals surface area contributed by atoms with E-state index in [9.17, 15) is 0 Å². The van der Waals surface area contributed by atoms with Crippen molar-refractivity contribution in [1.29, 1.82) is 0 Å². The topological polar surface area (TPSA) is 29.0 Å². The van der Waals surface area contributed by atoms with Crippen LogP contribution in [0, 0.1) is 6.92 Å². The summed E-state index contributed by atoms with van der Waals surface area (Å²) in [6.45, 7) is 4.61. The molecule has 1 aliphatic heterocycles. The molecule has 1 aromatic carbocycles. The lowest BCUT2D eigenvalue weighted by Gasteiger charge is -2.28. The number of rotatable bonds is 3. The van der Waals surface area contributed by atoms with E-state index in [1.165, 1.54) is 78.0 Å². The van der Waals surface area contributed by atoms with Crippen molar-refractivity contribution < 1.29 is 0 Å². The van der Waals surface area contributed by atoms with Crippen LogP contribution in [0.2, 0.25) is 0 Å². The Morgan fingerprint density at radius 2 is 1.86 bits per heavy atom. The van der Waals surface area contributed by atoms with Crippen LogP contribution < -0.4 is 0 Å². The first-order valence-corrected chi connectivity index (χ1v) is 12.1. The molecule has 3 heterocycles. The molecule has 0 unspecified atom stereocenters. The number of thiophene rings is 1. The lowest BCUT2D eigenvalue weighted by molar-refractivity contribution is 0.282. The summed E-state index contributed by atoms with van der Waals surface area (Å²) in [5.41, 5.74) is 5.81. The smallest absolute Gasteiger partial charge is 0.128 e. The first-order valence-electron chi connectivity index (χ1n) is 10.4. The van der Waals surface area contributed by atoms with Gasteiger partial charge in [-0.2, -0.15) is 0 Å². The van der Waals surface area contributed by atoms with Crippen molar-refractivity contribution in [1.82, 2.24) is 14.9 Å². The van der Waals surface area contributed by atoms with E-state index in [0.29, 0.717) is 5.25 Å². The number of nitrogens with zero attached hydrogens (tertiary/aromatic N) is 3. The van der Waals surface area contributed by atoms with Gasteiger partial charge in [-0.05, 0) is 82.3 Å². The fourth-order valence-corrected chi connectivity index (χ4v) is 6.87. The van der Waals surface area contributed by atoms with E-state index in [1.807, 2.05) is 23.1 Å². The molecule has 2 aliphatic rings. The first-order chi connectivity index (χ1) is 13.7. The minimum absolute atomic E-state index is 0.658. The molecule has 3 nitrogen and oxygen atoms in total. The van der Waals surface area contributed by atoms with Gasteiger partial charge in [-0.1, -0.05) is 18.2 Å². The van der Waals surface area contributed by atoms with E-state index in [0.717, 1.165) is 4.83 Å². The predicted octanol–water partition coefficient (Wildman–Crippen LogP) is 5.73. The molecule has 0 amide bonds. The van der Waals surface area contributed by atoms with Gasteiger partial charge in [-0.3, -0.25) is 0 Å². The van der Waals surface area contributed by atoms with Crippen molar-refractivity contribution in [3.05, 3.63) is 40.5 Å². The molecule has 5 rings (SSSR count). The average Bonchev–Trinajstić information content (AvgIpc) is 3.06. The molecule has 5 heteroatoms. The predicted molar refractivity (Wildman–Crippen MR) is 121 cm³/mol. The van der Waals surface area contributed by atoms with Gasteiger partial charge in [0.2, 0.25) is 0 Å². The third-order valence-corrected chi connectivity index (χ3v) is 8.56. The summed E-state index contributed by atoms with van der Waals surface area (Å²) in [6.07, 6.45) is 9.34. The Labute approximate surface area is 175 Å². The Morgan fingerprint density at radius 1 is 1.07 bits per heavy atom. The van der Waals surface area contributed by atoms with E-state index in [2.05, 4.69) is 42.1 Å². The number of fused-ring (bicyclic) bond motifs is 2. The molecule has 0 N–H and O–H groups in total. The quantitative estimate of drug-likeness (QED) is 0.517. The lowest BCUT2D eigenvalue weighted by Crippen LogP contribution is -2.31. The van der Waals surface area contributed by atoms with Gasteiger partial charge < -0.3 is 4.90 Å². The van der Waals surface area contributed by atoms with Crippen LogP contribution in [0.4, 0.5) is 0 Å². The van der Waals surface area contributed by atoms with Crippen molar-refractivity contribution in [2.75, 3.05) is 20.1 Å². The SMILES string of the molecule is Cc1sc2ncnc(SC3CCN(C)CC3)c2c1-c1ccc2c(c1)CCCC2. The van der Waals surface area contributed by atoms with Gasteiger partial charge in [0.1, 0.15) is 16.2 Å². The minimum Gasteiger partial charge on any atom is -0.306 e. The second-order valence-corrected chi connectivity index (χ2v) is 10.7. The lowest BCUT2D eigenvalue weighted by atomic mass is 9.89. The Balaban J connectivity index is 1.56.